The average molecular weight is 275 g/mol. The van der Waals surface area contributed by atoms with Gasteiger partial charge in [-0.1, -0.05) is 12.1 Å². The fraction of sp³-hybridized carbons (Fsp3) is 0.308. The van der Waals surface area contributed by atoms with Crippen LogP contribution in [0, 0.1) is 10.1 Å². The van der Waals surface area contributed by atoms with E-state index in [-0.39, 0.29) is 10.6 Å². The Hall–Kier alpha value is -1.79. The molecule has 5 nitrogen and oxygen atoms in total. The Kier molecular flexibility index (Phi) is 3.27. The van der Waals surface area contributed by atoms with Gasteiger partial charge in [-0.15, -0.1) is 11.3 Å². The topological polar surface area (TPSA) is 68.1 Å². The van der Waals surface area contributed by atoms with Gasteiger partial charge in [-0.05, 0) is 12.8 Å². The zero-order chi connectivity index (χ0) is 13.2. The molecule has 0 radical (unpaired) electrons. The van der Waals surface area contributed by atoms with E-state index in [2.05, 4.69) is 10.3 Å². The van der Waals surface area contributed by atoms with Gasteiger partial charge in [-0.2, -0.15) is 0 Å². The number of nitrogens with zero attached hydrogens (tertiary/aromatic N) is 2. The lowest BCUT2D eigenvalue weighted by atomic mass is 10.2. The second kappa shape index (κ2) is 5.07. The second-order valence-corrected chi connectivity index (χ2v) is 5.46. The van der Waals surface area contributed by atoms with Crippen molar-refractivity contribution in [2.75, 3.05) is 0 Å². The first-order chi connectivity index (χ1) is 9.22. The zero-order valence-electron chi connectivity index (χ0n) is 10.2. The standard InChI is InChI=1S/C13H13N3O2S/c17-16(18)12-3-1-2-9(6-12)13-15-11(8-19-13)7-14-10-4-5-10/h1-3,6,8,10,14H,4-5,7H2. The Labute approximate surface area is 114 Å². The summed E-state index contributed by atoms with van der Waals surface area (Å²) in [7, 11) is 0. The van der Waals surface area contributed by atoms with Crippen molar-refractivity contribution in [1.29, 1.82) is 0 Å². The number of hydrogen-bond donors (Lipinski definition) is 1. The highest BCUT2D eigenvalue weighted by Gasteiger charge is 2.20. The van der Waals surface area contributed by atoms with Crippen LogP contribution in [0.1, 0.15) is 18.5 Å². The number of nitro groups is 1. The Morgan fingerprint density at radius 1 is 1.47 bits per heavy atom. The van der Waals surface area contributed by atoms with Crippen LogP contribution in [0.5, 0.6) is 0 Å². The smallest absolute Gasteiger partial charge is 0.270 e. The van der Waals surface area contributed by atoms with Gasteiger partial charge < -0.3 is 5.32 Å². The number of rotatable bonds is 5. The van der Waals surface area contributed by atoms with E-state index in [4.69, 9.17) is 0 Å². The molecule has 1 aliphatic carbocycles. The maximum absolute atomic E-state index is 10.8. The zero-order valence-corrected chi connectivity index (χ0v) is 11.0. The molecule has 0 saturated heterocycles. The lowest BCUT2D eigenvalue weighted by Gasteiger charge is -1.98. The van der Waals surface area contributed by atoms with Gasteiger partial charge in [-0.25, -0.2) is 4.98 Å². The van der Waals surface area contributed by atoms with Crippen molar-refractivity contribution in [3.05, 3.63) is 45.5 Å². The predicted molar refractivity (Wildman–Crippen MR) is 74.1 cm³/mol. The summed E-state index contributed by atoms with van der Waals surface area (Å²) in [6, 6.07) is 7.26. The molecule has 0 aliphatic heterocycles. The van der Waals surface area contributed by atoms with Crippen LogP contribution in [0.3, 0.4) is 0 Å². The molecule has 1 aromatic heterocycles. The Morgan fingerprint density at radius 2 is 2.32 bits per heavy atom. The average Bonchev–Trinajstić information content (AvgIpc) is 3.13. The minimum Gasteiger partial charge on any atom is -0.308 e. The molecule has 19 heavy (non-hydrogen) atoms. The second-order valence-electron chi connectivity index (χ2n) is 4.61. The molecule has 1 saturated carbocycles. The SMILES string of the molecule is O=[N+]([O-])c1cccc(-c2nc(CNC3CC3)cs2)c1. The normalized spacial score (nSPS) is 14.5. The van der Waals surface area contributed by atoms with Gasteiger partial charge in [0.2, 0.25) is 0 Å². The number of nitro benzene ring substituents is 1. The van der Waals surface area contributed by atoms with Crippen molar-refractivity contribution in [3.8, 4) is 10.6 Å². The number of benzene rings is 1. The molecule has 1 aromatic carbocycles. The van der Waals surface area contributed by atoms with E-state index in [1.165, 1.54) is 30.2 Å². The van der Waals surface area contributed by atoms with Crippen LogP contribution in [0.25, 0.3) is 10.6 Å². The lowest BCUT2D eigenvalue weighted by Crippen LogP contribution is -2.15. The first-order valence-electron chi connectivity index (χ1n) is 6.15. The molecule has 3 rings (SSSR count). The highest BCUT2D eigenvalue weighted by molar-refractivity contribution is 7.13. The molecular weight excluding hydrogens is 262 g/mol. The third-order valence-electron chi connectivity index (χ3n) is 3.00. The van der Waals surface area contributed by atoms with Crippen molar-refractivity contribution < 1.29 is 4.92 Å². The maximum atomic E-state index is 10.8. The van der Waals surface area contributed by atoms with E-state index in [1.54, 1.807) is 12.1 Å². The Bertz CT molecular complexity index is 607. The van der Waals surface area contributed by atoms with Crippen molar-refractivity contribution in [1.82, 2.24) is 10.3 Å². The summed E-state index contributed by atoms with van der Waals surface area (Å²) in [5.41, 5.74) is 1.90. The fourth-order valence-corrected chi connectivity index (χ4v) is 2.63. The van der Waals surface area contributed by atoms with E-state index in [0.717, 1.165) is 22.8 Å². The first-order valence-corrected chi connectivity index (χ1v) is 7.03. The van der Waals surface area contributed by atoms with Crippen molar-refractivity contribution >= 4 is 17.0 Å². The molecule has 2 aromatic rings. The van der Waals surface area contributed by atoms with E-state index in [9.17, 15) is 10.1 Å². The van der Waals surface area contributed by atoms with Crippen molar-refractivity contribution in [2.45, 2.75) is 25.4 Å². The number of non-ortho nitro benzene ring substituents is 1. The van der Waals surface area contributed by atoms with Gasteiger partial charge in [0, 0.05) is 35.7 Å². The minimum absolute atomic E-state index is 0.102. The molecule has 0 bridgehead atoms. The minimum atomic E-state index is -0.382. The molecule has 98 valence electrons. The highest BCUT2D eigenvalue weighted by Crippen LogP contribution is 2.27. The van der Waals surface area contributed by atoms with E-state index >= 15 is 0 Å². The number of thiazole rings is 1. The molecule has 1 N–H and O–H groups in total. The third-order valence-corrected chi connectivity index (χ3v) is 3.95. The number of aromatic nitrogens is 1. The summed E-state index contributed by atoms with van der Waals surface area (Å²) >= 11 is 1.52. The molecule has 0 unspecified atom stereocenters. The van der Waals surface area contributed by atoms with Crippen molar-refractivity contribution in [2.24, 2.45) is 0 Å². The largest absolute Gasteiger partial charge is 0.308 e. The summed E-state index contributed by atoms with van der Waals surface area (Å²) in [6.45, 7) is 0.774. The summed E-state index contributed by atoms with van der Waals surface area (Å²) in [6.07, 6.45) is 2.50. The van der Waals surface area contributed by atoms with Crippen molar-refractivity contribution in [3.63, 3.8) is 0 Å². The van der Waals surface area contributed by atoms with Crippen LogP contribution in [0.15, 0.2) is 29.6 Å². The van der Waals surface area contributed by atoms with Crippen LogP contribution in [-0.4, -0.2) is 15.9 Å². The number of nitrogens with one attached hydrogen (secondary N) is 1. The monoisotopic (exact) mass is 275 g/mol. The van der Waals surface area contributed by atoms with Crippen LogP contribution < -0.4 is 5.32 Å². The maximum Gasteiger partial charge on any atom is 0.270 e. The quantitative estimate of drug-likeness (QED) is 0.673. The predicted octanol–water partition coefficient (Wildman–Crippen LogP) is 2.97. The van der Waals surface area contributed by atoms with Gasteiger partial charge in [0.1, 0.15) is 5.01 Å². The molecule has 0 amide bonds. The van der Waals surface area contributed by atoms with Crippen LogP contribution in [0.4, 0.5) is 5.69 Å². The highest BCUT2D eigenvalue weighted by atomic mass is 32.1. The van der Waals surface area contributed by atoms with Gasteiger partial charge in [0.05, 0.1) is 10.6 Å². The molecule has 1 fully saturated rings. The summed E-state index contributed by atoms with van der Waals surface area (Å²) in [5.74, 6) is 0. The summed E-state index contributed by atoms with van der Waals surface area (Å²) < 4.78 is 0. The fourth-order valence-electron chi connectivity index (χ4n) is 1.81. The van der Waals surface area contributed by atoms with E-state index in [1.807, 2.05) is 11.4 Å². The number of hydrogen-bond acceptors (Lipinski definition) is 5. The van der Waals surface area contributed by atoms with Crippen LogP contribution >= 0.6 is 11.3 Å². The van der Waals surface area contributed by atoms with Gasteiger partial charge in [-0.3, -0.25) is 10.1 Å². The molecule has 1 heterocycles. The Morgan fingerprint density at radius 3 is 3.05 bits per heavy atom. The Balaban J connectivity index is 1.77. The molecule has 1 aliphatic rings. The third kappa shape index (κ3) is 2.97. The van der Waals surface area contributed by atoms with E-state index in [0.29, 0.717) is 6.04 Å². The van der Waals surface area contributed by atoms with Gasteiger partial charge in [0.15, 0.2) is 0 Å². The van der Waals surface area contributed by atoms with Crippen LogP contribution in [-0.2, 0) is 6.54 Å². The molecule has 0 spiro atoms. The molecule has 6 heteroatoms. The molecular formula is C13H13N3O2S. The summed E-state index contributed by atoms with van der Waals surface area (Å²) in [4.78, 5) is 14.9. The first kappa shape index (κ1) is 12.3. The lowest BCUT2D eigenvalue weighted by molar-refractivity contribution is -0.384. The molecule has 0 atom stereocenters. The van der Waals surface area contributed by atoms with Crippen LogP contribution in [0.2, 0.25) is 0 Å². The van der Waals surface area contributed by atoms with Gasteiger partial charge >= 0.3 is 0 Å². The van der Waals surface area contributed by atoms with Gasteiger partial charge in [0.25, 0.3) is 5.69 Å². The summed E-state index contributed by atoms with van der Waals surface area (Å²) in [5, 5.41) is 17.0. The van der Waals surface area contributed by atoms with E-state index < -0.39 is 0 Å².